The lowest BCUT2D eigenvalue weighted by Gasteiger charge is -2.07. The number of hydrogen-bond donors (Lipinski definition) is 1. The van der Waals surface area contributed by atoms with E-state index >= 15 is 0 Å². The molecular formula is C14H10ClN3O2. The maximum absolute atomic E-state index is 10.7. The third-order valence-electron chi connectivity index (χ3n) is 2.96. The highest BCUT2D eigenvalue weighted by Gasteiger charge is 2.09. The van der Waals surface area contributed by atoms with E-state index in [9.17, 15) is 4.79 Å². The predicted octanol–water partition coefficient (Wildman–Crippen LogP) is 2.70. The van der Waals surface area contributed by atoms with Crippen molar-refractivity contribution in [1.29, 1.82) is 0 Å². The highest BCUT2D eigenvalue weighted by atomic mass is 35.5. The topological polar surface area (TPSA) is 68.0 Å². The van der Waals surface area contributed by atoms with Crippen molar-refractivity contribution in [3.63, 3.8) is 0 Å². The molecule has 20 heavy (non-hydrogen) atoms. The van der Waals surface area contributed by atoms with Gasteiger partial charge in [0.15, 0.2) is 5.65 Å². The molecule has 0 aliphatic rings. The van der Waals surface area contributed by atoms with Gasteiger partial charge in [-0.1, -0.05) is 17.7 Å². The van der Waals surface area contributed by atoms with Crippen LogP contribution in [-0.4, -0.2) is 25.6 Å². The van der Waals surface area contributed by atoms with E-state index in [2.05, 4.69) is 9.97 Å². The number of fused-ring (bicyclic) bond motifs is 1. The monoisotopic (exact) mass is 287 g/mol. The Morgan fingerprint density at radius 3 is 2.90 bits per heavy atom. The molecule has 0 saturated heterocycles. The van der Waals surface area contributed by atoms with Gasteiger partial charge < -0.3 is 5.11 Å². The molecule has 5 nitrogen and oxygen atoms in total. The first-order valence-electron chi connectivity index (χ1n) is 5.94. The van der Waals surface area contributed by atoms with E-state index < -0.39 is 5.97 Å². The van der Waals surface area contributed by atoms with Gasteiger partial charge in [-0.05, 0) is 29.8 Å². The second-order valence-electron chi connectivity index (χ2n) is 4.31. The van der Waals surface area contributed by atoms with Crippen LogP contribution in [0.2, 0.25) is 5.02 Å². The Morgan fingerprint density at radius 1 is 1.30 bits per heavy atom. The number of nitrogens with zero attached hydrogens (tertiary/aromatic N) is 3. The lowest BCUT2D eigenvalue weighted by Crippen LogP contribution is -2.01. The summed E-state index contributed by atoms with van der Waals surface area (Å²) in [5.74, 6) is -0.908. The summed E-state index contributed by atoms with van der Waals surface area (Å²) in [7, 11) is 0. The van der Waals surface area contributed by atoms with Crippen molar-refractivity contribution < 1.29 is 9.90 Å². The zero-order valence-corrected chi connectivity index (χ0v) is 11.1. The number of rotatable bonds is 3. The van der Waals surface area contributed by atoms with Crippen LogP contribution in [0.1, 0.15) is 5.56 Å². The second kappa shape index (κ2) is 4.94. The third-order valence-corrected chi connectivity index (χ3v) is 3.31. The molecule has 0 aliphatic heterocycles. The fourth-order valence-corrected chi connectivity index (χ4v) is 2.27. The number of imidazole rings is 1. The summed E-state index contributed by atoms with van der Waals surface area (Å²) in [5, 5.41) is 9.22. The summed E-state index contributed by atoms with van der Waals surface area (Å²) >= 11 is 6.12. The molecule has 0 spiro atoms. The summed E-state index contributed by atoms with van der Waals surface area (Å²) in [6.07, 6.45) is 3.27. The van der Waals surface area contributed by atoms with Crippen LogP contribution < -0.4 is 0 Å². The number of hydrogen-bond acceptors (Lipinski definition) is 3. The van der Waals surface area contributed by atoms with Crippen molar-refractivity contribution in [3.05, 3.63) is 53.4 Å². The second-order valence-corrected chi connectivity index (χ2v) is 4.71. The molecule has 2 heterocycles. The molecular weight excluding hydrogens is 278 g/mol. The van der Waals surface area contributed by atoms with Crippen LogP contribution in [0.3, 0.4) is 0 Å². The average molecular weight is 288 g/mol. The van der Waals surface area contributed by atoms with Crippen LogP contribution in [0, 0.1) is 0 Å². The van der Waals surface area contributed by atoms with Crippen LogP contribution in [0.5, 0.6) is 0 Å². The van der Waals surface area contributed by atoms with Crippen molar-refractivity contribution >= 4 is 28.7 Å². The number of carbonyl (C=O) groups is 1. The maximum atomic E-state index is 10.7. The molecule has 2 aromatic heterocycles. The average Bonchev–Trinajstić information content (AvgIpc) is 2.84. The van der Waals surface area contributed by atoms with Crippen LogP contribution >= 0.6 is 11.6 Å². The molecule has 3 rings (SSSR count). The van der Waals surface area contributed by atoms with Crippen LogP contribution in [-0.2, 0) is 11.2 Å². The molecule has 0 radical (unpaired) electrons. The van der Waals surface area contributed by atoms with Crippen LogP contribution in [0.25, 0.3) is 16.9 Å². The summed E-state index contributed by atoms with van der Waals surface area (Å²) in [4.78, 5) is 19.3. The minimum Gasteiger partial charge on any atom is -0.481 e. The van der Waals surface area contributed by atoms with Gasteiger partial charge >= 0.3 is 5.97 Å². The lowest BCUT2D eigenvalue weighted by atomic mass is 10.1. The normalized spacial score (nSPS) is 10.8. The van der Waals surface area contributed by atoms with E-state index in [1.807, 2.05) is 16.7 Å². The van der Waals surface area contributed by atoms with Gasteiger partial charge in [-0.25, -0.2) is 9.97 Å². The minimum atomic E-state index is -0.908. The first kappa shape index (κ1) is 12.6. The Balaban J connectivity index is 2.07. The zero-order valence-electron chi connectivity index (χ0n) is 10.3. The number of benzene rings is 1. The van der Waals surface area contributed by atoms with E-state index in [1.54, 1.807) is 30.7 Å². The number of carboxylic acids is 1. The smallest absolute Gasteiger partial charge is 0.307 e. The molecule has 0 saturated carbocycles. The van der Waals surface area contributed by atoms with Gasteiger partial charge in [-0.3, -0.25) is 9.36 Å². The summed E-state index contributed by atoms with van der Waals surface area (Å²) < 4.78 is 1.81. The molecule has 1 N–H and O–H groups in total. The molecule has 0 atom stereocenters. The van der Waals surface area contributed by atoms with Gasteiger partial charge in [-0.2, -0.15) is 0 Å². The Kier molecular flexibility index (Phi) is 3.12. The molecule has 0 aliphatic carbocycles. The van der Waals surface area contributed by atoms with Gasteiger partial charge in [0.1, 0.15) is 11.8 Å². The first-order chi connectivity index (χ1) is 9.65. The summed E-state index contributed by atoms with van der Waals surface area (Å²) in [6, 6.07) is 8.93. The van der Waals surface area contributed by atoms with Gasteiger partial charge in [0.2, 0.25) is 0 Å². The standard InChI is InChI=1S/C14H10ClN3O2/c15-11-7-10(4-3-9(11)6-13(19)20)18-8-17-12-2-1-5-16-14(12)18/h1-5,7-8H,6H2,(H,19,20). The quantitative estimate of drug-likeness (QED) is 0.804. The molecule has 0 bridgehead atoms. The van der Waals surface area contributed by atoms with E-state index in [0.29, 0.717) is 10.6 Å². The fraction of sp³-hybridized carbons (Fsp3) is 0.0714. The van der Waals surface area contributed by atoms with Crippen molar-refractivity contribution in [2.75, 3.05) is 0 Å². The number of pyridine rings is 1. The van der Waals surface area contributed by atoms with Gasteiger partial charge in [0, 0.05) is 11.2 Å². The number of halogens is 1. The highest BCUT2D eigenvalue weighted by molar-refractivity contribution is 6.31. The summed E-state index contributed by atoms with van der Waals surface area (Å²) in [6.45, 7) is 0. The van der Waals surface area contributed by atoms with Crippen molar-refractivity contribution in [1.82, 2.24) is 14.5 Å². The third kappa shape index (κ3) is 2.23. The zero-order chi connectivity index (χ0) is 14.1. The van der Waals surface area contributed by atoms with Crippen molar-refractivity contribution in [3.8, 4) is 5.69 Å². The summed E-state index contributed by atoms with van der Waals surface area (Å²) in [5.41, 5.74) is 2.90. The van der Waals surface area contributed by atoms with Crippen LogP contribution in [0.4, 0.5) is 0 Å². The van der Waals surface area contributed by atoms with Crippen molar-refractivity contribution in [2.45, 2.75) is 6.42 Å². The molecule has 0 amide bonds. The Labute approximate surface area is 119 Å². The number of aliphatic carboxylic acids is 1. The van der Waals surface area contributed by atoms with Gasteiger partial charge in [0.05, 0.1) is 12.1 Å². The largest absolute Gasteiger partial charge is 0.481 e. The molecule has 0 fully saturated rings. The van der Waals surface area contributed by atoms with E-state index in [-0.39, 0.29) is 6.42 Å². The lowest BCUT2D eigenvalue weighted by molar-refractivity contribution is -0.136. The molecule has 6 heteroatoms. The molecule has 1 aromatic carbocycles. The molecule has 3 aromatic rings. The Morgan fingerprint density at radius 2 is 2.15 bits per heavy atom. The van der Waals surface area contributed by atoms with E-state index in [4.69, 9.17) is 16.7 Å². The van der Waals surface area contributed by atoms with Crippen LogP contribution in [0.15, 0.2) is 42.9 Å². The van der Waals surface area contributed by atoms with Crippen molar-refractivity contribution in [2.24, 2.45) is 0 Å². The van der Waals surface area contributed by atoms with E-state index in [1.165, 1.54) is 0 Å². The van der Waals surface area contributed by atoms with Gasteiger partial charge in [0.25, 0.3) is 0 Å². The predicted molar refractivity (Wildman–Crippen MR) is 75.2 cm³/mol. The van der Waals surface area contributed by atoms with E-state index in [0.717, 1.165) is 16.9 Å². The maximum Gasteiger partial charge on any atom is 0.307 e. The highest BCUT2D eigenvalue weighted by Crippen LogP contribution is 2.23. The SMILES string of the molecule is O=C(O)Cc1ccc(-n2cnc3cccnc32)cc1Cl. The Bertz CT molecular complexity index is 798. The molecule has 100 valence electrons. The first-order valence-corrected chi connectivity index (χ1v) is 6.31. The number of carboxylic acid groups (broad SMARTS) is 1. The number of aromatic nitrogens is 3. The fourth-order valence-electron chi connectivity index (χ4n) is 2.03. The Hall–Kier alpha value is -2.40. The van der Waals surface area contributed by atoms with Gasteiger partial charge in [-0.15, -0.1) is 0 Å². The molecule has 0 unspecified atom stereocenters. The minimum absolute atomic E-state index is 0.0952.